The van der Waals surface area contributed by atoms with E-state index >= 15 is 0 Å². The first-order valence-corrected chi connectivity index (χ1v) is 6.46. The fourth-order valence-corrected chi connectivity index (χ4v) is 2.26. The Morgan fingerprint density at radius 1 is 1.05 bits per heavy atom. The second kappa shape index (κ2) is 4.70. The van der Waals surface area contributed by atoms with E-state index in [0.29, 0.717) is 11.0 Å². The van der Waals surface area contributed by atoms with Crippen LogP contribution >= 0.6 is 0 Å². The third-order valence-electron chi connectivity index (χ3n) is 3.41. The summed E-state index contributed by atoms with van der Waals surface area (Å²) >= 11 is 0. The number of phenols is 3. The van der Waals surface area contributed by atoms with Crippen LogP contribution in [0.1, 0.15) is 5.56 Å². The highest BCUT2D eigenvalue weighted by Gasteiger charge is 2.17. The van der Waals surface area contributed by atoms with Crippen molar-refractivity contribution in [2.24, 2.45) is 0 Å². The van der Waals surface area contributed by atoms with E-state index in [1.54, 1.807) is 18.2 Å². The largest absolute Gasteiger partial charge is 0.504 e. The van der Waals surface area contributed by atoms with Crippen LogP contribution in [0.4, 0.5) is 5.69 Å². The highest BCUT2D eigenvalue weighted by molar-refractivity contribution is 5.86. The van der Waals surface area contributed by atoms with Crippen molar-refractivity contribution in [3.8, 4) is 28.6 Å². The van der Waals surface area contributed by atoms with E-state index in [9.17, 15) is 20.1 Å². The van der Waals surface area contributed by atoms with Gasteiger partial charge in [-0.25, -0.2) is 0 Å². The molecule has 0 saturated carbocycles. The Morgan fingerprint density at radius 3 is 2.32 bits per heavy atom. The number of hydrogen-bond donors (Lipinski definition) is 4. The molecule has 112 valence electrons. The van der Waals surface area contributed by atoms with Gasteiger partial charge in [-0.15, -0.1) is 0 Å². The molecule has 0 aliphatic rings. The lowest BCUT2D eigenvalue weighted by atomic mass is 10.1. The summed E-state index contributed by atoms with van der Waals surface area (Å²) in [7, 11) is 0. The number of benzene rings is 2. The molecule has 0 amide bonds. The quantitative estimate of drug-likeness (QED) is 0.513. The van der Waals surface area contributed by atoms with E-state index < -0.39 is 22.7 Å². The van der Waals surface area contributed by atoms with Gasteiger partial charge in [0.1, 0.15) is 11.3 Å². The van der Waals surface area contributed by atoms with Crippen molar-refractivity contribution in [2.45, 2.75) is 6.92 Å². The Hall–Kier alpha value is -3.15. The average Bonchev–Trinajstić information content (AvgIpc) is 2.47. The molecule has 3 rings (SSSR count). The van der Waals surface area contributed by atoms with Crippen LogP contribution in [0, 0.1) is 6.92 Å². The van der Waals surface area contributed by atoms with E-state index in [0.717, 1.165) is 17.7 Å². The summed E-state index contributed by atoms with van der Waals surface area (Å²) in [5, 5.41) is 28.9. The summed E-state index contributed by atoms with van der Waals surface area (Å²) in [4.78, 5) is 12.3. The fourth-order valence-electron chi connectivity index (χ4n) is 2.26. The van der Waals surface area contributed by atoms with Crippen molar-refractivity contribution in [1.29, 1.82) is 0 Å². The molecule has 1 heterocycles. The third kappa shape index (κ3) is 2.01. The Labute approximate surface area is 124 Å². The molecule has 0 spiro atoms. The number of aryl methyl sites for hydroxylation is 1. The number of aromatic hydroxyl groups is 3. The SMILES string of the molecule is Cc1ccc2c(=O)c(N)c(-c3cc(O)c(O)c(O)c3)oc2c1. The van der Waals surface area contributed by atoms with Crippen LogP contribution in [-0.2, 0) is 0 Å². The zero-order valence-corrected chi connectivity index (χ0v) is 11.6. The van der Waals surface area contributed by atoms with Gasteiger partial charge in [0.25, 0.3) is 0 Å². The predicted molar refractivity (Wildman–Crippen MR) is 82.1 cm³/mol. The van der Waals surface area contributed by atoms with Gasteiger partial charge < -0.3 is 25.5 Å². The van der Waals surface area contributed by atoms with Crippen LogP contribution < -0.4 is 11.2 Å². The summed E-state index contributed by atoms with van der Waals surface area (Å²) in [5.41, 5.74) is 6.73. The maximum Gasteiger partial charge on any atom is 0.216 e. The molecule has 6 heteroatoms. The van der Waals surface area contributed by atoms with E-state index in [2.05, 4.69) is 0 Å². The molecule has 2 aromatic carbocycles. The molecule has 0 saturated heterocycles. The van der Waals surface area contributed by atoms with Gasteiger partial charge in [0.2, 0.25) is 5.43 Å². The van der Waals surface area contributed by atoms with E-state index in [4.69, 9.17) is 10.2 Å². The van der Waals surface area contributed by atoms with Gasteiger partial charge >= 0.3 is 0 Å². The molecule has 0 atom stereocenters. The molecule has 5 N–H and O–H groups in total. The molecule has 1 aromatic heterocycles. The molecular formula is C16H13NO5. The van der Waals surface area contributed by atoms with Gasteiger partial charge in [0, 0.05) is 5.56 Å². The smallest absolute Gasteiger partial charge is 0.216 e. The molecular weight excluding hydrogens is 286 g/mol. The lowest BCUT2D eigenvalue weighted by Gasteiger charge is -2.09. The lowest BCUT2D eigenvalue weighted by Crippen LogP contribution is -2.10. The first-order valence-electron chi connectivity index (χ1n) is 6.46. The maximum atomic E-state index is 12.3. The molecule has 0 bridgehead atoms. The zero-order chi connectivity index (χ0) is 16.0. The minimum atomic E-state index is -0.652. The standard InChI is InChI=1S/C16H13NO5/c1-7-2-3-9-12(4-7)22-16(13(17)14(9)20)8-5-10(18)15(21)11(19)6-8/h2-6,18-19,21H,17H2,1H3. The van der Waals surface area contributed by atoms with E-state index in [1.165, 1.54) is 0 Å². The first kappa shape index (κ1) is 13.8. The minimum absolute atomic E-state index is 0.0219. The van der Waals surface area contributed by atoms with Crippen molar-refractivity contribution >= 4 is 16.7 Å². The number of anilines is 1. The van der Waals surface area contributed by atoms with Gasteiger partial charge in [-0.3, -0.25) is 4.79 Å². The summed E-state index contributed by atoms with van der Waals surface area (Å²) in [5.74, 6) is -1.71. The van der Waals surface area contributed by atoms with Crippen LogP contribution in [0.15, 0.2) is 39.5 Å². The molecule has 0 aliphatic carbocycles. The second-order valence-corrected chi connectivity index (χ2v) is 5.04. The number of hydrogen-bond acceptors (Lipinski definition) is 6. The first-order chi connectivity index (χ1) is 10.4. The van der Waals surface area contributed by atoms with Crippen molar-refractivity contribution in [3.63, 3.8) is 0 Å². The number of nitrogen functional groups attached to an aromatic ring is 1. The molecule has 0 unspecified atom stereocenters. The summed E-state index contributed by atoms with van der Waals surface area (Å²) in [6, 6.07) is 7.41. The highest BCUT2D eigenvalue weighted by Crippen LogP contribution is 2.40. The van der Waals surface area contributed by atoms with Gasteiger partial charge in [0.15, 0.2) is 23.0 Å². The molecule has 0 radical (unpaired) electrons. The Balaban J connectivity index is 2.36. The van der Waals surface area contributed by atoms with Crippen molar-refractivity contribution in [1.82, 2.24) is 0 Å². The normalized spacial score (nSPS) is 11.0. The van der Waals surface area contributed by atoms with Crippen LogP contribution in [0.3, 0.4) is 0 Å². The van der Waals surface area contributed by atoms with Crippen LogP contribution in [0.2, 0.25) is 0 Å². The third-order valence-corrected chi connectivity index (χ3v) is 3.41. The second-order valence-electron chi connectivity index (χ2n) is 5.04. The lowest BCUT2D eigenvalue weighted by molar-refractivity contribution is 0.368. The van der Waals surface area contributed by atoms with E-state index in [-0.39, 0.29) is 17.0 Å². The predicted octanol–water partition coefficient (Wildman–Crippen LogP) is 2.47. The summed E-state index contributed by atoms with van der Waals surface area (Å²) in [6.07, 6.45) is 0. The molecule has 3 aromatic rings. The van der Waals surface area contributed by atoms with Gasteiger partial charge in [-0.2, -0.15) is 0 Å². The van der Waals surface area contributed by atoms with Crippen molar-refractivity contribution in [3.05, 3.63) is 46.1 Å². The number of rotatable bonds is 1. The Kier molecular flexibility index (Phi) is 2.95. The topological polar surface area (TPSA) is 117 Å². The van der Waals surface area contributed by atoms with Crippen LogP contribution in [0.5, 0.6) is 17.2 Å². The molecule has 0 fully saturated rings. The molecule has 0 aliphatic heterocycles. The van der Waals surface area contributed by atoms with E-state index in [1.807, 2.05) is 6.92 Å². The van der Waals surface area contributed by atoms with Crippen molar-refractivity contribution < 1.29 is 19.7 Å². The highest BCUT2D eigenvalue weighted by atomic mass is 16.3. The van der Waals surface area contributed by atoms with Gasteiger partial charge in [0.05, 0.1) is 5.39 Å². The Morgan fingerprint density at radius 2 is 1.68 bits per heavy atom. The summed E-state index contributed by atoms with van der Waals surface area (Å²) < 4.78 is 5.66. The van der Waals surface area contributed by atoms with Gasteiger partial charge in [-0.1, -0.05) is 6.07 Å². The maximum absolute atomic E-state index is 12.3. The number of fused-ring (bicyclic) bond motifs is 1. The molecule has 6 nitrogen and oxygen atoms in total. The zero-order valence-electron chi connectivity index (χ0n) is 11.6. The Bertz CT molecular complexity index is 936. The van der Waals surface area contributed by atoms with Crippen LogP contribution in [0.25, 0.3) is 22.3 Å². The summed E-state index contributed by atoms with van der Waals surface area (Å²) in [6.45, 7) is 1.85. The van der Waals surface area contributed by atoms with Crippen molar-refractivity contribution in [2.75, 3.05) is 5.73 Å². The fraction of sp³-hybridized carbons (Fsp3) is 0.0625. The van der Waals surface area contributed by atoms with Gasteiger partial charge in [-0.05, 0) is 36.8 Å². The number of phenolic OH excluding ortho intramolecular Hbond substituents is 3. The van der Waals surface area contributed by atoms with Crippen LogP contribution in [-0.4, -0.2) is 15.3 Å². The minimum Gasteiger partial charge on any atom is -0.504 e. The average molecular weight is 299 g/mol. The molecule has 22 heavy (non-hydrogen) atoms. The monoisotopic (exact) mass is 299 g/mol. The number of nitrogens with two attached hydrogens (primary N) is 1.